The smallest absolute Gasteiger partial charge is 0.238 e. The Morgan fingerprint density at radius 3 is 1.74 bits per heavy atom. The quantitative estimate of drug-likeness (QED) is 0.176. The predicted octanol–water partition coefficient (Wildman–Crippen LogP) is 13.4. The average molecular weight is 731 g/mol. The van der Waals surface area contributed by atoms with Crippen LogP contribution in [0.5, 0.6) is 0 Å². The lowest BCUT2D eigenvalue weighted by Crippen LogP contribution is -2.06. The van der Waals surface area contributed by atoms with Gasteiger partial charge in [-0.1, -0.05) is 140 Å². The minimum atomic E-state index is 0.511. The van der Waals surface area contributed by atoms with E-state index in [4.69, 9.17) is 23.8 Å². The Morgan fingerprint density at radius 2 is 0.965 bits per heavy atom. The average Bonchev–Trinajstić information content (AvgIpc) is 3.96. The lowest BCUT2D eigenvalue weighted by atomic mass is 9.97. The molecule has 0 saturated carbocycles. The fourth-order valence-corrected chi connectivity index (χ4v) is 8.55. The van der Waals surface area contributed by atoms with Crippen LogP contribution in [-0.2, 0) is 0 Å². The molecular formula is C51H30N4O2. The summed E-state index contributed by atoms with van der Waals surface area (Å²) in [7, 11) is 0. The molecule has 0 N–H and O–H groups in total. The first-order valence-electron chi connectivity index (χ1n) is 19.0. The molecule has 0 aliphatic rings. The minimum Gasteiger partial charge on any atom is -0.456 e. The van der Waals surface area contributed by atoms with Crippen LogP contribution in [0.3, 0.4) is 0 Å². The lowest BCUT2D eigenvalue weighted by Gasteiger charge is -2.12. The SMILES string of the molecule is c1ccc(-c2nc(-c3cc(-c4ccccc4)c4c(c3)oc3ccccc34)nc(-n3c4ccccc4c4c5oc6cccc(-c7ccccc7)c6c5ccc43)n2)cc1. The highest BCUT2D eigenvalue weighted by molar-refractivity contribution is 6.25. The molecule has 12 aromatic rings. The van der Waals surface area contributed by atoms with Crippen LogP contribution in [-0.4, -0.2) is 19.5 Å². The van der Waals surface area contributed by atoms with Gasteiger partial charge in [-0.05, 0) is 64.7 Å². The summed E-state index contributed by atoms with van der Waals surface area (Å²) in [6, 6.07) is 62.5. The van der Waals surface area contributed by atoms with Crippen LogP contribution in [0.4, 0.5) is 0 Å². The molecule has 0 amide bonds. The van der Waals surface area contributed by atoms with Gasteiger partial charge in [-0.3, -0.25) is 4.57 Å². The first kappa shape index (κ1) is 31.5. The summed E-state index contributed by atoms with van der Waals surface area (Å²) in [5.41, 5.74) is 11.3. The molecular weight excluding hydrogens is 701 g/mol. The Balaban J connectivity index is 1.14. The highest BCUT2D eigenvalue weighted by Crippen LogP contribution is 2.44. The molecule has 0 aliphatic carbocycles. The standard InChI is InChI=1S/C51H30N4O2/c1-4-15-31(16-5-1)35-23-14-26-43-45(35)38-27-28-41-47(48(38)57-43)36-21-10-12-24-40(36)55(41)51-53-49(33-19-8-3-9-20-33)52-50(54-51)34-29-39(32-17-6-2-7-18-32)46-37-22-11-13-25-42(37)56-44(46)30-34/h1-30H. The number of benzene rings is 8. The van der Waals surface area contributed by atoms with Gasteiger partial charge in [-0.2, -0.15) is 9.97 Å². The highest BCUT2D eigenvalue weighted by Gasteiger charge is 2.23. The van der Waals surface area contributed by atoms with Crippen LogP contribution in [0.25, 0.3) is 117 Å². The number of hydrogen-bond acceptors (Lipinski definition) is 5. The largest absolute Gasteiger partial charge is 0.456 e. The fourth-order valence-electron chi connectivity index (χ4n) is 8.55. The van der Waals surface area contributed by atoms with E-state index in [0.29, 0.717) is 17.6 Å². The highest BCUT2D eigenvalue weighted by atomic mass is 16.3. The van der Waals surface area contributed by atoms with E-state index in [2.05, 4.69) is 132 Å². The maximum Gasteiger partial charge on any atom is 0.238 e. The monoisotopic (exact) mass is 730 g/mol. The summed E-state index contributed by atoms with van der Waals surface area (Å²) >= 11 is 0. The molecule has 0 saturated heterocycles. The van der Waals surface area contributed by atoms with Gasteiger partial charge in [0.15, 0.2) is 11.6 Å². The summed E-state index contributed by atoms with van der Waals surface area (Å²) in [6.07, 6.45) is 0. The Kier molecular flexibility index (Phi) is 6.83. The molecule has 0 bridgehead atoms. The fraction of sp³-hybridized carbons (Fsp3) is 0. The van der Waals surface area contributed by atoms with E-state index in [9.17, 15) is 0 Å². The number of fused-ring (bicyclic) bond motifs is 10. The van der Waals surface area contributed by atoms with Crippen LogP contribution in [0.2, 0.25) is 0 Å². The van der Waals surface area contributed by atoms with Crippen molar-refractivity contribution in [2.45, 2.75) is 0 Å². The zero-order valence-corrected chi connectivity index (χ0v) is 30.4. The Hall–Kier alpha value is -7.83. The molecule has 4 heterocycles. The van der Waals surface area contributed by atoms with Crippen LogP contribution in [0, 0.1) is 0 Å². The van der Waals surface area contributed by atoms with Gasteiger partial charge < -0.3 is 8.83 Å². The second-order valence-corrected chi connectivity index (χ2v) is 14.3. The number of furan rings is 2. The van der Waals surface area contributed by atoms with E-state index in [0.717, 1.165) is 99.1 Å². The van der Waals surface area contributed by atoms with Gasteiger partial charge in [-0.25, -0.2) is 4.98 Å². The second-order valence-electron chi connectivity index (χ2n) is 14.3. The van der Waals surface area contributed by atoms with Gasteiger partial charge in [0.1, 0.15) is 22.3 Å². The summed E-state index contributed by atoms with van der Waals surface area (Å²) in [5, 5.41) is 6.35. The van der Waals surface area contributed by atoms with Crippen molar-refractivity contribution < 1.29 is 8.83 Å². The van der Waals surface area contributed by atoms with Gasteiger partial charge in [0.05, 0.1) is 16.4 Å². The van der Waals surface area contributed by atoms with Crippen LogP contribution >= 0.6 is 0 Å². The first-order chi connectivity index (χ1) is 28.3. The molecule has 12 rings (SSSR count). The third-order valence-corrected chi connectivity index (χ3v) is 11.1. The van der Waals surface area contributed by atoms with Gasteiger partial charge in [0, 0.05) is 38.1 Å². The summed E-state index contributed by atoms with van der Waals surface area (Å²) in [5.74, 6) is 1.63. The van der Waals surface area contributed by atoms with E-state index < -0.39 is 0 Å². The first-order valence-corrected chi connectivity index (χ1v) is 19.0. The number of para-hydroxylation sites is 2. The van der Waals surface area contributed by atoms with Gasteiger partial charge in [-0.15, -0.1) is 0 Å². The van der Waals surface area contributed by atoms with Crippen molar-refractivity contribution in [3.63, 3.8) is 0 Å². The molecule has 0 aliphatic heterocycles. The van der Waals surface area contributed by atoms with E-state index in [1.54, 1.807) is 0 Å². The van der Waals surface area contributed by atoms with Gasteiger partial charge in [0.25, 0.3) is 0 Å². The third kappa shape index (κ3) is 4.87. The molecule has 6 nitrogen and oxygen atoms in total. The zero-order chi connectivity index (χ0) is 37.5. The molecule has 266 valence electrons. The molecule has 0 fully saturated rings. The molecule has 0 unspecified atom stereocenters. The maximum atomic E-state index is 6.82. The number of aromatic nitrogens is 4. The normalized spacial score (nSPS) is 11.9. The zero-order valence-electron chi connectivity index (χ0n) is 30.4. The Labute approximate surface area is 325 Å². The Bertz CT molecular complexity index is 3510. The molecule has 8 aromatic carbocycles. The van der Waals surface area contributed by atoms with Crippen molar-refractivity contribution in [3.8, 4) is 51.0 Å². The van der Waals surface area contributed by atoms with E-state index in [-0.39, 0.29) is 0 Å². The number of nitrogens with zero attached hydrogens (tertiary/aromatic N) is 4. The van der Waals surface area contributed by atoms with Gasteiger partial charge >= 0.3 is 0 Å². The number of rotatable bonds is 5. The van der Waals surface area contributed by atoms with Crippen molar-refractivity contribution in [1.82, 2.24) is 19.5 Å². The van der Waals surface area contributed by atoms with Crippen LogP contribution in [0.1, 0.15) is 0 Å². The predicted molar refractivity (Wildman–Crippen MR) is 230 cm³/mol. The van der Waals surface area contributed by atoms with E-state index in [1.165, 1.54) is 0 Å². The van der Waals surface area contributed by atoms with Crippen molar-refractivity contribution >= 4 is 65.7 Å². The summed E-state index contributed by atoms with van der Waals surface area (Å²) in [4.78, 5) is 15.7. The summed E-state index contributed by atoms with van der Waals surface area (Å²) < 4.78 is 15.5. The van der Waals surface area contributed by atoms with Crippen LogP contribution < -0.4 is 0 Å². The van der Waals surface area contributed by atoms with Crippen molar-refractivity contribution in [2.75, 3.05) is 0 Å². The minimum absolute atomic E-state index is 0.511. The van der Waals surface area contributed by atoms with Crippen molar-refractivity contribution in [3.05, 3.63) is 182 Å². The van der Waals surface area contributed by atoms with Crippen molar-refractivity contribution in [1.29, 1.82) is 0 Å². The topological polar surface area (TPSA) is 69.9 Å². The molecule has 0 atom stereocenters. The maximum absolute atomic E-state index is 6.82. The molecule has 0 spiro atoms. The molecule has 0 radical (unpaired) electrons. The molecule has 6 heteroatoms. The third-order valence-electron chi connectivity index (χ3n) is 11.1. The van der Waals surface area contributed by atoms with Crippen molar-refractivity contribution in [2.24, 2.45) is 0 Å². The molecule has 4 aromatic heterocycles. The van der Waals surface area contributed by atoms with Gasteiger partial charge in [0.2, 0.25) is 5.95 Å². The Morgan fingerprint density at radius 1 is 0.351 bits per heavy atom. The van der Waals surface area contributed by atoms with E-state index >= 15 is 0 Å². The number of hydrogen-bond donors (Lipinski definition) is 0. The van der Waals surface area contributed by atoms with Crippen LogP contribution in [0.15, 0.2) is 191 Å². The summed E-state index contributed by atoms with van der Waals surface area (Å²) in [6.45, 7) is 0. The second kappa shape index (κ2) is 12.3. The lowest BCUT2D eigenvalue weighted by molar-refractivity contribution is 0.669. The molecule has 57 heavy (non-hydrogen) atoms. The van der Waals surface area contributed by atoms with E-state index in [1.807, 2.05) is 54.6 Å².